The van der Waals surface area contributed by atoms with Crippen LogP contribution in [0.3, 0.4) is 0 Å². The van der Waals surface area contributed by atoms with Gasteiger partial charge in [-0.3, -0.25) is 0 Å². The number of rotatable bonds is 4. The zero-order valence-corrected chi connectivity index (χ0v) is 11.5. The van der Waals surface area contributed by atoms with Crippen molar-refractivity contribution in [3.8, 4) is 0 Å². The van der Waals surface area contributed by atoms with Crippen molar-refractivity contribution in [2.45, 2.75) is 39.5 Å². The number of unbranched alkanes of at least 4 members (excludes halogenated alkanes) is 2. The summed E-state index contributed by atoms with van der Waals surface area (Å²) in [7, 11) is 0. The maximum atomic E-state index is 8.07. The molecule has 0 aromatic heterocycles. The zero-order valence-electron chi connectivity index (χ0n) is 7.64. The number of aliphatic hydroxyl groups excluding tert-OH is 2. The van der Waals surface area contributed by atoms with E-state index in [1.54, 1.807) is 0 Å². The molecule has 0 aliphatic heterocycles. The van der Waals surface area contributed by atoms with Gasteiger partial charge < -0.3 is 10.2 Å². The molecule has 0 unspecified atom stereocenters. The van der Waals surface area contributed by atoms with Crippen molar-refractivity contribution in [3.63, 3.8) is 0 Å². The topological polar surface area (TPSA) is 40.5 Å². The van der Waals surface area contributed by atoms with Crippen LogP contribution in [0.2, 0.25) is 0 Å². The van der Waals surface area contributed by atoms with Gasteiger partial charge in [-0.2, -0.15) is 0 Å². The summed E-state index contributed by atoms with van der Waals surface area (Å²) in [5.74, 6) is 0. The smallest absolute Gasteiger partial charge is 0.0430 e. The monoisotopic (exact) mass is 356 g/mol. The molecule has 68 valence electrons. The van der Waals surface area contributed by atoms with Gasteiger partial charge in [0.2, 0.25) is 0 Å². The molecule has 0 saturated heterocycles. The van der Waals surface area contributed by atoms with Crippen LogP contribution in [-0.4, -0.2) is 50.7 Å². The molecule has 0 aliphatic carbocycles. The second kappa shape index (κ2) is 22.4. The third kappa shape index (κ3) is 36.2. The molecule has 0 aliphatic rings. The Bertz CT molecular complexity index is 33.1. The fourth-order valence-electron chi connectivity index (χ4n) is 0.316. The molecule has 0 fully saturated rings. The molecule has 0 spiro atoms. The molecule has 0 aromatic rings. The standard InChI is InChI=1S/2C4H10O.Pb/c2*1-2-3-4-5;/h2*5H,2-4H2,1H3;. The van der Waals surface area contributed by atoms with Crippen molar-refractivity contribution in [1.82, 2.24) is 0 Å². The molecule has 0 rings (SSSR count). The SMILES string of the molecule is CCCCO.CCCCO.[Pb]. The minimum atomic E-state index is 0. The quantitative estimate of drug-likeness (QED) is 0.744. The van der Waals surface area contributed by atoms with Crippen molar-refractivity contribution >= 4 is 27.3 Å². The molecule has 0 heterocycles. The molecule has 2 N–H and O–H groups in total. The molecule has 0 bridgehead atoms. The van der Waals surface area contributed by atoms with E-state index in [9.17, 15) is 0 Å². The van der Waals surface area contributed by atoms with E-state index in [4.69, 9.17) is 10.2 Å². The van der Waals surface area contributed by atoms with Crippen LogP contribution in [0.4, 0.5) is 0 Å². The van der Waals surface area contributed by atoms with Gasteiger partial charge in [0.1, 0.15) is 0 Å². The van der Waals surface area contributed by atoms with E-state index < -0.39 is 0 Å². The van der Waals surface area contributed by atoms with Gasteiger partial charge in [-0.15, -0.1) is 0 Å². The van der Waals surface area contributed by atoms with Crippen LogP contribution in [0.1, 0.15) is 39.5 Å². The fraction of sp³-hybridized carbons (Fsp3) is 1.00. The van der Waals surface area contributed by atoms with Crippen molar-refractivity contribution < 1.29 is 10.2 Å². The summed E-state index contributed by atoms with van der Waals surface area (Å²) in [6.45, 7) is 4.79. The van der Waals surface area contributed by atoms with Crippen LogP contribution in [0.5, 0.6) is 0 Å². The average Bonchev–Trinajstić information content (AvgIpc) is 1.93. The van der Waals surface area contributed by atoms with E-state index in [-0.39, 0.29) is 27.3 Å². The van der Waals surface area contributed by atoms with Gasteiger partial charge in [0.25, 0.3) is 0 Å². The van der Waals surface area contributed by atoms with Gasteiger partial charge in [-0.25, -0.2) is 0 Å². The molecule has 0 amide bonds. The molecule has 0 saturated carbocycles. The maximum absolute atomic E-state index is 8.07. The van der Waals surface area contributed by atoms with Crippen LogP contribution in [-0.2, 0) is 0 Å². The maximum Gasteiger partial charge on any atom is 0.0430 e. The van der Waals surface area contributed by atoms with Crippen LogP contribution >= 0.6 is 0 Å². The Labute approximate surface area is 90.2 Å². The third-order valence-electron chi connectivity index (χ3n) is 1.02. The summed E-state index contributed by atoms with van der Waals surface area (Å²) in [6, 6.07) is 0. The molecule has 0 atom stereocenters. The van der Waals surface area contributed by atoms with Crippen molar-refractivity contribution in [3.05, 3.63) is 0 Å². The summed E-state index contributed by atoms with van der Waals surface area (Å²) >= 11 is 0. The van der Waals surface area contributed by atoms with E-state index in [1.807, 2.05) is 0 Å². The predicted octanol–water partition coefficient (Wildman–Crippen LogP) is 1.18. The first kappa shape index (κ1) is 17.8. The van der Waals surface area contributed by atoms with Crippen molar-refractivity contribution in [2.24, 2.45) is 0 Å². The zero-order chi connectivity index (χ0) is 8.24. The molecular formula is C8H20O2Pb. The van der Waals surface area contributed by atoms with Crippen LogP contribution in [0.15, 0.2) is 0 Å². The normalized spacial score (nSPS) is 7.64. The number of hydrogen-bond acceptors (Lipinski definition) is 2. The Morgan fingerprint density at radius 3 is 1.09 bits per heavy atom. The number of hydrogen-bond donors (Lipinski definition) is 2. The third-order valence-corrected chi connectivity index (χ3v) is 1.02. The van der Waals surface area contributed by atoms with E-state index in [0.29, 0.717) is 13.2 Å². The molecule has 3 heteroatoms. The van der Waals surface area contributed by atoms with Crippen LogP contribution in [0, 0.1) is 0 Å². The van der Waals surface area contributed by atoms with Gasteiger partial charge in [0, 0.05) is 40.5 Å². The minimum absolute atomic E-state index is 0. The molecule has 2 nitrogen and oxygen atoms in total. The van der Waals surface area contributed by atoms with Gasteiger partial charge in [-0.05, 0) is 12.8 Å². The van der Waals surface area contributed by atoms with Crippen LogP contribution in [0.25, 0.3) is 0 Å². The van der Waals surface area contributed by atoms with Gasteiger partial charge in [0.15, 0.2) is 0 Å². The molecule has 11 heavy (non-hydrogen) atoms. The first-order valence-electron chi connectivity index (χ1n) is 4.05. The van der Waals surface area contributed by atoms with Gasteiger partial charge in [-0.1, -0.05) is 26.7 Å². The minimum Gasteiger partial charge on any atom is -0.396 e. The second-order valence-corrected chi connectivity index (χ2v) is 2.15. The van der Waals surface area contributed by atoms with Crippen molar-refractivity contribution in [1.29, 1.82) is 0 Å². The predicted molar refractivity (Wildman–Crippen MR) is 49.7 cm³/mol. The largest absolute Gasteiger partial charge is 0.396 e. The number of aliphatic hydroxyl groups is 2. The molecule has 0 aromatic carbocycles. The molecule has 4 radical (unpaired) electrons. The van der Waals surface area contributed by atoms with Gasteiger partial charge >= 0.3 is 0 Å². The van der Waals surface area contributed by atoms with Crippen LogP contribution < -0.4 is 0 Å². The van der Waals surface area contributed by atoms with Crippen molar-refractivity contribution in [2.75, 3.05) is 13.2 Å². The van der Waals surface area contributed by atoms with E-state index >= 15 is 0 Å². The Morgan fingerprint density at radius 2 is 1.09 bits per heavy atom. The van der Waals surface area contributed by atoms with Gasteiger partial charge in [0.05, 0.1) is 0 Å². The first-order chi connectivity index (χ1) is 4.83. The first-order valence-corrected chi connectivity index (χ1v) is 4.05. The Morgan fingerprint density at radius 1 is 0.818 bits per heavy atom. The second-order valence-electron chi connectivity index (χ2n) is 2.15. The van der Waals surface area contributed by atoms with E-state index in [2.05, 4.69) is 13.8 Å². The Hall–Kier alpha value is 0.842. The van der Waals surface area contributed by atoms with E-state index in [1.165, 1.54) is 0 Å². The average molecular weight is 355 g/mol. The van der Waals surface area contributed by atoms with E-state index in [0.717, 1.165) is 25.7 Å². The molecular weight excluding hydrogens is 335 g/mol. The summed E-state index contributed by atoms with van der Waals surface area (Å²) in [5.41, 5.74) is 0. The fourth-order valence-corrected chi connectivity index (χ4v) is 0.316. The summed E-state index contributed by atoms with van der Waals surface area (Å²) in [4.78, 5) is 0. The summed E-state index contributed by atoms with van der Waals surface area (Å²) < 4.78 is 0. The Kier molecular flexibility index (Phi) is 36.3. The summed E-state index contributed by atoms with van der Waals surface area (Å²) in [6.07, 6.45) is 4.08. The Balaban J connectivity index is -0.000000107. The summed E-state index contributed by atoms with van der Waals surface area (Å²) in [5, 5.41) is 16.1.